The molecule has 0 amide bonds. The van der Waals surface area contributed by atoms with Gasteiger partial charge in [-0.1, -0.05) is 41.9 Å². The molecule has 3 rings (SSSR count). The van der Waals surface area contributed by atoms with Gasteiger partial charge in [-0.05, 0) is 6.07 Å². The van der Waals surface area contributed by atoms with E-state index in [1.807, 2.05) is 36.4 Å². The smallest absolute Gasteiger partial charge is 0.157 e. The fourth-order valence-electron chi connectivity index (χ4n) is 1.62. The highest BCUT2D eigenvalue weighted by molar-refractivity contribution is 6.29. The molecule has 2 aromatic heterocycles. The van der Waals surface area contributed by atoms with E-state index in [1.54, 1.807) is 16.8 Å². The maximum atomic E-state index is 6.02. The normalized spacial score (nSPS) is 10.8. The molecule has 0 saturated heterocycles. The number of rotatable bonds is 1. The van der Waals surface area contributed by atoms with Crippen molar-refractivity contribution in [3.8, 4) is 11.3 Å². The van der Waals surface area contributed by atoms with Crippen LogP contribution in [0.15, 0.2) is 48.7 Å². The number of nitrogens with zero attached hydrogens (tertiary/aromatic N) is 3. The minimum Gasteiger partial charge on any atom is -0.237 e. The third-order valence-electron chi connectivity index (χ3n) is 2.38. The first-order chi connectivity index (χ1) is 7.84. The molecule has 0 bridgehead atoms. The summed E-state index contributed by atoms with van der Waals surface area (Å²) in [6.45, 7) is 0. The Morgan fingerprint density at radius 2 is 1.88 bits per heavy atom. The zero-order chi connectivity index (χ0) is 11.0. The lowest BCUT2D eigenvalue weighted by atomic mass is 10.2. The second kappa shape index (κ2) is 3.61. The van der Waals surface area contributed by atoms with E-state index in [4.69, 9.17) is 11.6 Å². The van der Waals surface area contributed by atoms with Crippen LogP contribution in [0.3, 0.4) is 0 Å². The van der Waals surface area contributed by atoms with Gasteiger partial charge in [0.05, 0.1) is 5.69 Å². The van der Waals surface area contributed by atoms with E-state index in [2.05, 4.69) is 10.1 Å². The number of fused-ring (bicyclic) bond motifs is 1. The van der Waals surface area contributed by atoms with Crippen molar-refractivity contribution in [3.63, 3.8) is 0 Å². The first kappa shape index (κ1) is 9.36. The van der Waals surface area contributed by atoms with Crippen molar-refractivity contribution in [1.82, 2.24) is 14.6 Å². The summed E-state index contributed by atoms with van der Waals surface area (Å²) < 4.78 is 1.63. The molecule has 0 radical (unpaired) electrons. The Balaban J connectivity index is 2.23. The number of halogens is 1. The van der Waals surface area contributed by atoms with Gasteiger partial charge in [0.15, 0.2) is 5.65 Å². The zero-order valence-corrected chi connectivity index (χ0v) is 9.09. The van der Waals surface area contributed by atoms with Crippen LogP contribution in [0.1, 0.15) is 0 Å². The minimum atomic E-state index is 0.562. The molecule has 0 aliphatic heterocycles. The largest absolute Gasteiger partial charge is 0.237 e. The molecule has 4 heteroatoms. The topological polar surface area (TPSA) is 30.2 Å². The SMILES string of the molecule is Clc1ccnc2cc(-c3ccccc3)nn12. The van der Waals surface area contributed by atoms with Crippen LogP contribution in [0.4, 0.5) is 0 Å². The Hall–Kier alpha value is -1.87. The standard InChI is InChI=1S/C12H8ClN3/c13-11-6-7-14-12-8-10(15-16(11)12)9-4-2-1-3-5-9/h1-8H. The van der Waals surface area contributed by atoms with Crippen LogP contribution < -0.4 is 0 Å². The molecule has 3 aromatic rings. The Labute approximate surface area is 97.3 Å². The van der Waals surface area contributed by atoms with Crippen molar-refractivity contribution < 1.29 is 0 Å². The molecule has 0 spiro atoms. The van der Waals surface area contributed by atoms with Crippen molar-refractivity contribution in [3.05, 3.63) is 53.8 Å². The van der Waals surface area contributed by atoms with Crippen molar-refractivity contribution in [1.29, 1.82) is 0 Å². The van der Waals surface area contributed by atoms with Crippen molar-refractivity contribution in [2.45, 2.75) is 0 Å². The lowest BCUT2D eigenvalue weighted by Crippen LogP contribution is -1.90. The highest BCUT2D eigenvalue weighted by Crippen LogP contribution is 2.20. The fraction of sp³-hybridized carbons (Fsp3) is 0. The van der Waals surface area contributed by atoms with E-state index < -0.39 is 0 Å². The summed E-state index contributed by atoms with van der Waals surface area (Å²) in [6.07, 6.45) is 1.67. The van der Waals surface area contributed by atoms with Crippen LogP contribution in [0.2, 0.25) is 5.15 Å². The van der Waals surface area contributed by atoms with Crippen LogP contribution in [-0.2, 0) is 0 Å². The van der Waals surface area contributed by atoms with Crippen LogP contribution in [0.25, 0.3) is 16.9 Å². The summed E-state index contributed by atoms with van der Waals surface area (Å²) in [6, 6.07) is 13.6. The third-order valence-corrected chi connectivity index (χ3v) is 2.67. The molecule has 3 nitrogen and oxygen atoms in total. The molecule has 16 heavy (non-hydrogen) atoms. The maximum Gasteiger partial charge on any atom is 0.157 e. The van der Waals surface area contributed by atoms with Gasteiger partial charge in [-0.2, -0.15) is 5.10 Å². The molecule has 0 aliphatic carbocycles. The van der Waals surface area contributed by atoms with E-state index in [9.17, 15) is 0 Å². The molecule has 0 saturated carbocycles. The zero-order valence-electron chi connectivity index (χ0n) is 8.34. The van der Waals surface area contributed by atoms with E-state index in [0.29, 0.717) is 5.15 Å². The number of hydrogen-bond acceptors (Lipinski definition) is 2. The Bertz CT molecular complexity index is 631. The van der Waals surface area contributed by atoms with Gasteiger partial charge in [0, 0.05) is 17.8 Å². The van der Waals surface area contributed by atoms with Gasteiger partial charge in [0.2, 0.25) is 0 Å². The van der Waals surface area contributed by atoms with Gasteiger partial charge in [0.1, 0.15) is 5.15 Å². The molecule has 0 N–H and O–H groups in total. The summed E-state index contributed by atoms with van der Waals surface area (Å²) >= 11 is 6.02. The average Bonchev–Trinajstić information content (AvgIpc) is 2.76. The predicted molar refractivity (Wildman–Crippen MR) is 63.4 cm³/mol. The lowest BCUT2D eigenvalue weighted by Gasteiger charge is -1.94. The molecule has 78 valence electrons. The van der Waals surface area contributed by atoms with Crippen LogP contribution in [-0.4, -0.2) is 14.6 Å². The number of hydrogen-bond donors (Lipinski definition) is 0. The van der Waals surface area contributed by atoms with Gasteiger partial charge in [-0.15, -0.1) is 0 Å². The van der Waals surface area contributed by atoms with Gasteiger partial charge in [-0.3, -0.25) is 0 Å². The van der Waals surface area contributed by atoms with Crippen LogP contribution >= 0.6 is 11.6 Å². The summed E-state index contributed by atoms with van der Waals surface area (Å²) in [5, 5.41) is 4.97. The molecule has 0 atom stereocenters. The maximum absolute atomic E-state index is 6.02. The monoisotopic (exact) mass is 229 g/mol. The highest BCUT2D eigenvalue weighted by atomic mass is 35.5. The van der Waals surface area contributed by atoms with Gasteiger partial charge in [-0.25, -0.2) is 9.50 Å². The first-order valence-electron chi connectivity index (χ1n) is 4.90. The summed E-state index contributed by atoms with van der Waals surface area (Å²) in [5.74, 6) is 0. The van der Waals surface area contributed by atoms with Crippen LogP contribution in [0, 0.1) is 0 Å². The minimum absolute atomic E-state index is 0.562. The Morgan fingerprint density at radius 3 is 2.62 bits per heavy atom. The Kier molecular flexibility index (Phi) is 2.11. The van der Waals surface area contributed by atoms with E-state index in [0.717, 1.165) is 16.9 Å². The van der Waals surface area contributed by atoms with E-state index in [-0.39, 0.29) is 0 Å². The van der Waals surface area contributed by atoms with Crippen molar-refractivity contribution in [2.75, 3.05) is 0 Å². The molecule has 1 aromatic carbocycles. The molecular formula is C12H8ClN3. The predicted octanol–water partition coefficient (Wildman–Crippen LogP) is 3.05. The second-order valence-corrected chi connectivity index (χ2v) is 3.82. The first-order valence-corrected chi connectivity index (χ1v) is 5.28. The lowest BCUT2D eigenvalue weighted by molar-refractivity contribution is 0.944. The van der Waals surface area contributed by atoms with E-state index in [1.165, 1.54) is 0 Å². The van der Waals surface area contributed by atoms with Crippen molar-refractivity contribution >= 4 is 17.2 Å². The molecular weight excluding hydrogens is 222 g/mol. The average molecular weight is 230 g/mol. The summed E-state index contributed by atoms with van der Waals surface area (Å²) in [4.78, 5) is 4.20. The van der Waals surface area contributed by atoms with Gasteiger partial charge < -0.3 is 0 Å². The fourth-order valence-corrected chi connectivity index (χ4v) is 1.80. The van der Waals surface area contributed by atoms with Crippen LogP contribution in [0.5, 0.6) is 0 Å². The van der Waals surface area contributed by atoms with E-state index >= 15 is 0 Å². The molecule has 2 heterocycles. The number of aromatic nitrogens is 3. The summed E-state index contributed by atoms with van der Waals surface area (Å²) in [7, 11) is 0. The molecule has 0 unspecified atom stereocenters. The van der Waals surface area contributed by atoms with Gasteiger partial charge >= 0.3 is 0 Å². The third kappa shape index (κ3) is 1.46. The second-order valence-electron chi connectivity index (χ2n) is 3.43. The van der Waals surface area contributed by atoms with Gasteiger partial charge in [0.25, 0.3) is 0 Å². The molecule has 0 fully saturated rings. The van der Waals surface area contributed by atoms with Crippen molar-refractivity contribution in [2.24, 2.45) is 0 Å². The number of benzene rings is 1. The quantitative estimate of drug-likeness (QED) is 0.601. The molecule has 0 aliphatic rings. The summed E-state index contributed by atoms with van der Waals surface area (Å²) in [5.41, 5.74) is 2.69. The highest BCUT2D eigenvalue weighted by Gasteiger charge is 2.06. The Morgan fingerprint density at radius 1 is 1.06 bits per heavy atom.